The number of hydrogen-bond acceptors (Lipinski definition) is 5. The van der Waals surface area contributed by atoms with Crippen LogP contribution < -0.4 is 5.32 Å². The SMILES string of the molecule is Cc1ccc([N+](=O)[O-])c(NCC2CCCC2C(=O)O)n1. The van der Waals surface area contributed by atoms with Crippen LogP contribution in [0.25, 0.3) is 0 Å². The number of hydrogen-bond donors (Lipinski definition) is 2. The van der Waals surface area contributed by atoms with E-state index in [9.17, 15) is 14.9 Å². The van der Waals surface area contributed by atoms with Gasteiger partial charge in [0.25, 0.3) is 0 Å². The maximum atomic E-state index is 11.1. The highest BCUT2D eigenvalue weighted by Crippen LogP contribution is 2.32. The highest BCUT2D eigenvalue weighted by atomic mass is 16.6. The van der Waals surface area contributed by atoms with E-state index in [1.165, 1.54) is 6.07 Å². The molecule has 0 amide bonds. The molecule has 2 unspecified atom stereocenters. The van der Waals surface area contributed by atoms with Crippen LogP contribution in [0.15, 0.2) is 12.1 Å². The number of aryl methyl sites for hydroxylation is 1. The number of carboxylic acid groups (broad SMARTS) is 1. The maximum absolute atomic E-state index is 11.1. The van der Waals surface area contributed by atoms with Crippen LogP contribution in [-0.2, 0) is 4.79 Å². The van der Waals surface area contributed by atoms with E-state index in [0.29, 0.717) is 18.7 Å². The summed E-state index contributed by atoms with van der Waals surface area (Å²) in [5, 5.41) is 23.0. The fraction of sp³-hybridized carbons (Fsp3) is 0.538. The molecule has 1 aromatic rings. The summed E-state index contributed by atoms with van der Waals surface area (Å²) in [4.78, 5) is 25.7. The summed E-state index contributed by atoms with van der Waals surface area (Å²) in [7, 11) is 0. The lowest BCUT2D eigenvalue weighted by atomic mass is 9.96. The van der Waals surface area contributed by atoms with Crippen LogP contribution in [0.5, 0.6) is 0 Å². The van der Waals surface area contributed by atoms with Gasteiger partial charge in [-0.25, -0.2) is 4.98 Å². The number of aliphatic carboxylic acids is 1. The molecule has 20 heavy (non-hydrogen) atoms. The van der Waals surface area contributed by atoms with Gasteiger partial charge in [-0.2, -0.15) is 0 Å². The van der Waals surface area contributed by atoms with Crippen LogP contribution in [0.1, 0.15) is 25.0 Å². The molecule has 0 bridgehead atoms. The first-order valence-corrected chi connectivity index (χ1v) is 6.57. The van der Waals surface area contributed by atoms with Crippen molar-refractivity contribution in [2.24, 2.45) is 11.8 Å². The lowest BCUT2D eigenvalue weighted by molar-refractivity contribution is -0.384. The topological polar surface area (TPSA) is 105 Å². The smallest absolute Gasteiger partial charge is 0.311 e. The Bertz CT molecular complexity index is 532. The highest BCUT2D eigenvalue weighted by molar-refractivity contribution is 5.71. The predicted octanol–water partition coefficient (Wildman–Crippen LogP) is 2.21. The molecule has 7 nitrogen and oxygen atoms in total. The zero-order valence-corrected chi connectivity index (χ0v) is 11.2. The van der Waals surface area contributed by atoms with E-state index in [-0.39, 0.29) is 23.3 Å². The lowest BCUT2D eigenvalue weighted by Gasteiger charge is -2.16. The minimum atomic E-state index is -0.791. The van der Waals surface area contributed by atoms with Crippen molar-refractivity contribution in [3.63, 3.8) is 0 Å². The van der Waals surface area contributed by atoms with Gasteiger partial charge in [0.1, 0.15) is 0 Å². The van der Waals surface area contributed by atoms with Crippen molar-refractivity contribution in [3.05, 3.63) is 27.9 Å². The molecule has 0 spiro atoms. The van der Waals surface area contributed by atoms with E-state index >= 15 is 0 Å². The third-order valence-corrected chi connectivity index (χ3v) is 3.72. The van der Waals surface area contributed by atoms with Gasteiger partial charge in [-0.3, -0.25) is 14.9 Å². The Labute approximate surface area is 116 Å². The van der Waals surface area contributed by atoms with Crippen LogP contribution in [0, 0.1) is 28.9 Å². The molecule has 1 aliphatic carbocycles. The number of nitrogens with one attached hydrogen (secondary N) is 1. The number of carbonyl (C=O) groups is 1. The van der Waals surface area contributed by atoms with Crippen molar-refractivity contribution in [2.75, 3.05) is 11.9 Å². The minimum Gasteiger partial charge on any atom is -0.481 e. The Morgan fingerprint density at radius 2 is 2.30 bits per heavy atom. The number of anilines is 1. The molecule has 2 atom stereocenters. The first-order valence-electron chi connectivity index (χ1n) is 6.57. The van der Waals surface area contributed by atoms with Gasteiger partial charge in [0.05, 0.1) is 10.8 Å². The summed E-state index contributed by atoms with van der Waals surface area (Å²) in [5.74, 6) is -0.951. The summed E-state index contributed by atoms with van der Waals surface area (Å²) < 4.78 is 0. The monoisotopic (exact) mass is 279 g/mol. The number of rotatable bonds is 5. The number of nitrogens with zero attached hydrogens (tertiary/aromatic N) is 2. The second-order valence-corrected chi connectivity index (χ2v) is 5.09. The second kappa shape index (κ2) is 5.85. The van der Waals surface area contributed by atoms with Gasteiger partial charge in [-0.1, -0.05) is 6.42 Å². The van der Waals surface area contributed by atoms with Crippen LogP contribution in [0.2, 0.25) is 0 Å². The second-order valence-electron chi connectivity index (χ2n) is 5.09. The van der Waals surface area contributed by atoms with Gasteiger partial charge in [0, 0.05) is 18.3 Å². The summed E-state index contributed by atoms with van der Waals surface area (Å²) >= 11 is 0. The van der Waals surface area contributed by atoms with E-state index in [1.54, 1.807) is 13.0 Å². The Kier molecular flexibility index (Phi) is 4.16. The fourth-order valence-corrected chi connectivity index (χ4v) is 2.66. The Morgan fingerprint density at radius 3 is 2.95 bits per heavy atom. The molecular formula is C13H17N3O4. The molecule has 1 aromatic heterocycles. The van der Waals surface area contributed by atoms with Crippen molar-refractivity contribution in [3.8, 4) is 0 Å². The fourth-order valence-electron chi connectivity index (χ4n) is 2.66. The van der Waals surface area contributed by atoms with Crippen molar-refractivity contribution in [1.82, 2.24) is 4.98 Å². The van der Waals surface area contributed by atoms with Crippen LogP contribution >= 0.6 is 0 Å². The van der Waals surface area contributed by atoms with E-state index in [4.69, 9.17) is 5.11 Å². The Balaban J connectivity index is 2.09. The standard InChI is InChI=1S/C13H17N3O4/c1-8-5-6-11(16(19)20)12(15-8)14-7-9-3-2-4-10(9)13(17)18/h5-6,9-10H,2-4,7H2,1H3,(H,14,15)(H,17,18). The van der Waals surface area contributed by atoms with Gasteiger partial charge < -0.3 is 10.4 Å². The molecule has 1 aliphatic rings. The van der Waals surface area contributed by atoms with Gasteiger partial charge in [-0.05, 0) is 31.7 Å². The Hall–Kier alpha value is -2.18. The molecule has 0 aliphatic heterocycles. The molecule has 2 rings (SSSR count). The minimum absolute atomic E-state index is 0.00517. The lowest BCUT2D eigenvalue weighted by Crippen LogP contribution is -2.25. The zero-order chi connectivity index (χ0) is 14.7. The third-order valence-electron chi connectivity index (χ3n) is 3.72. The van der Waals surface area contributed by atoms with Crippen LogP contribution in [0.3, 0.4) is 0 Å². The molecule has 0 saturated heterocycles. The average Bonchev–Trinajstić information content (AvgIpc) is 2.84. The van der Waals surface area contributed by atoms with Gasteiger partial charge in [-0.15, -0.1) is 0 Å². The van der Waals surface area contributed by atoms with Gasteiger partial charge in [0.15, 0.2) is 0 Å². The number of carboxylic acids is 1. The van der Waals surface area contributed by atoms with Crippen molar-refractivity contribution in [2.45, 2.75) is 26.2 Å². The molecule has 108 valence electrons. The summed E-state index contributed by atoms with van der Waals surface area (Å²) in [5.41, 5.74) is 0.597. The van der Waals surface area contributed by atoms with Gasteiger partial charge >= 0.3 is 11.7 Å². The van der Waals surface area contributed by atoms with Crippen molar-refractivity contribution < 1.29 is 14.8 Å². The number of aromatic nitrogens is 1. The maximum Gasteiger partial charge on any atom is 0.311 e. The third kappa shape index (κ3) is 3.04. The van der Waals surface area contributed by atoms with Crippen molar-refractivity contribution in [1.29, 1.82) is 0 Å². The zero-order valence-electron chi connectivity index (χ0n) is 11.2. The summed E-state index contributed by atoms with van der Waals surface area (Å²) in [6.45, 7) is 2.15. The highest BCUT2D eigenvalue weighted by Gasteiger charge is 2.33. The Morgan fingerprint density at radius 1 is 1.55 bits per heavy atom. The summed E-state index contributed by atoms with van der Waals surface area (Å²) in [6, 6.07) is 2.99. The molecule has 0 radical (unpaired) electrons. The van der Waals surface area contributed by atoms with E-state index in [0.717, 1.165) is 12.8 Å². The molecule has 1 saturated carbocycles. The quantitative estimate of drug-likeness (QED) is 0.632. The van der Waals surface area contributed by atoms with Crippen molar-refractivity contribution >= 4 is 17.5 Å². The van der Waals surface area contributed by atoms with Gasteiger partial charge in [0.2, 0.25) is 5.82 Å². The average molecular weight is 279 g/mol. The number of nitro groups is 1. The molecule has 1 fully saturated rings. The molecular weight excluding hydrogens is 262 g/mol. The normalized spacial score (nSPS) is 21.6. The van der Waals surface area contributed by atoms with Crippen LogP contribution in [-0.4, -0.2) is 27.5 Å². The van der Waals surface area contributed by atoms with Crippen LogP contribution in [0.4, 0.5) is 11.5 Å². The molecule has 1 heterocycles. The largest absolute Gasteiger partial charge is 0.481 e. The first-order chi connectivity index (χ1) is 9.49. The number of pyridine rings is 1. The first kappa shape index (κ1) is 14.2. The van der Waals surface area contributed by atoms with E-state index in [2.05, 4.69) is 10.3 Å². The van der Waals surface area contributed by atoms with E-state index < -0.39 is 10.9 Å². The van der Waals surface area contributed by atoms with E-state index in [1.807, 2.05) is 0 Å². The molecule has 7 heteroatoms. The molecule has 0 aromatic carbocycles. The molecule has 2 N–H and O–H groups in total. The predicted molar refractivity (Wildman–Crippen MR) is 72.6 cm³/mol. The summed E-state index contributed by atoms with van der Waals surface area (Å²) in [6.07, 6.45) is 2.38.